The summed E-state index contributed by atoms with van der Waals surface area (Å²) in [5.74, 6) is 0.490. The number of alkyl halides is 1. The Morgan fingerprint density at radius 3 is 2.47 bits per heavy atom. The van der Waals surface area contributed by atoms with E-state index in [9.17, 15) is 9.18 Å². The van der Waals surface area contributed by atoms with Gasteiger partial charge < -0.3 is 15.4 Å². The molecule has 2 aliphatic rings. The van der Waals surface area contributed by atoms with Gasteiger partial charge in [-0.15, -0.1) is 29.9 Å². The lowest BCUT2D eigenvalue weighted by Gasteiger charge is -2.30. The van der Waals surface area contributed by atoms with Crippen molar-refractivity contribution < 1.29 is 13.9 Å². The van der Waals surface area contributed by atoms with E-state index in [2.05, 4.69) is 27.8 Å². The van der Waals surface area contributed by atoms with Crippen LogP contribution in [0.25, 0.3) is 11.1 Å². The van der Waals surface area contributed by atoms with E-state index in [1.807, 2.05) is 24.3 Å². The van der Waals surface area contributed by atoms with Crippen LogP contribution in [0, 0.1) is 0 Å². The van der Waals surface area contributed by atoms with Gasteiger partial charge in [0, 0.05) is 5.56 Å². The normalized spacial score (nSPS) is 17.4. The number of unbranched alkanes of at least 4 members (excludes halogenated alkanes) is 1. The molecule has 2 N–H and O–H groups in total. The molecule has 1 amide bonds. The summed E-state index contributed by atoms with van der Waals surface area (Å²) in [6.45, 7) is 3.39. The Kier molecular flexibility index (Phi) is 12.4. The van der Waals surface area contributed by atoms with Crippen LogP contribution >= 0.6 is 24.8 Å². The summed E-state index contributed by atoms with van der Waals surface area (Å²) < 4.78 is 21.1. The van der Waals surface area contributed by atoms with Gasteiger partial charge in [-0.2, -0.15) is 5.10 Å². The van der Waals surface area contributed by atoms with Gasteiger partial charge in [0.15, 0.2) is 5.69 Å². The van der Waals surface area contributed by atoms with E-state index >= 15 is 0 Å². The molecule has 0 atom stereocenters. The van der Waals surface area contributed by atoms with Crippen LogP contribution in [0.5, 0.6) is 5.75 Å². The fraction of sp³-hybridized carbons (Fsp3) is 0.593. The first-order valence-electron chi connectivity index (χ1n) is 12.9. The van der Waals surface area contributed by atoms with Crippen LogP contribution in [-0.4, -0.2) is 47.5 Å². The van der Waals surface area contributed by atoms with Crippen LogP contribution in [0.15, 0.2) is 30.3 Å². The first kappa shape index (κ1) is 30.3. The monoisotopic (exact) mass is 540 g/mol. The van der Waals surface area contributed by atoms with E-state index in [1.165, 1.54) is 19.3 Å². The number of nitrogens with one attached hydrogen (secondary N) is 2. The Morgan fingerprint density at radius 2 is 1.81 bits per heavy atom. The molecule has 1 aromatic carbocycles. The van der Waals surface area contributed by atoms with Crippen LogP contribution in [0.3, 0.4) is 0 Å². The Morgan fingerprint density at radius 1 is 1.11 bits per heavy atom. The van der Waals surface area contributed by atoms with E-state index < -0.39 is 5.67 Å². The molecule has 2 fully saturated rings. The minimum Gasteiger partial charge on any atom is -0.490 e. The third-order valence-corrected chi connectivity index (χ3v) is 6.96. The lowest BCUT2D eigenvalue weighted by atomic mass is 9.94. The summed E-state index contributed by atoms with van der Waals surface area (Å²) in [7, 11) is 0. The molecule has 2 aromatic rings. The van der Waals surface area contributed by atoms with Crippen LogP contribution < -0.4 is 15.4 Å². The van der Waals surface area contributed by atoms with E-state index in [0.717, 1.165) is 54.7 Å². The molecule has 4 rings (SSSR count). The van der Waals surface area contributed by atoms with Gasteiger partial charge in [0.25, 0.3) is 5.91 Å². The van der Waals surface area contributed by atoms with Gasteiger partial charge in [0.1, 0.15) is 11.4 Å². The number of carbonyl (C=O) groups is 1. The van der Waals surface area contributed by atoms with Crippen molar-refractivity contribution >= 4 is 30.7 Å². The number of amides is 1. The Balaban J connectivity index is 0.00000228. The summed E-state index contributed by atoms with van der Waals surface area (Å²) in [5, 5.41) is 14.5. The first-order valence-corrected chi connectivity index (χ1v) is 12.9. The first-order chi connectivity index (χ1) is 16.6. The lowest BCUT2D eigenvalue weighted by molar-refractivity contribution is 0.0832. The number of aromatic nitrogens is 2. The van der Waals surface area contributed by atoms with Gasteiger partial charge in [-0.3, -0.25) is 4.79 Å². The molecule has 6 nitrogen and oxygen atoms in total. The topological polar surface area (TPSA) is 76.1 Å². The van der Waals surface area contributed by atoms with Crippen LogP contribution in [-0.2, 0) is 6.42 Å². The molecule has 9 heteroatoms. The number of hydrogen-bond donors (Lipinski definition) is 2. The maximum atomic E-state index is 14.9. The maximum absolute atomic E-state index is 14.9. The predicted molar refractivity (Wildman–Crippen MR) is 146 cm³/mol. The molecule has 0 unspecified atom stereocenters. The number of ether oxygens (including phenoxy) is 1. The van der Waals surface area contributed by atoms with Crippen LogP contribution in [0.1, 0.15) is 80.9 Å². The number of nitrogens with zero attached hydrogens (tertiary/aromatic N) is 2. The fourth-order valence-electron chi connectivity index (χ4n) is 4.78. The number of carbonyl (C=O) groups excluding carboxylic acids is 1. The van der Waals surface area contributed by atoms with Crippen molar-refractivity contribution in [1.29, 1.82) is 0 Å². The third kappa shape index (κ3) is 8.29. The minimum atomic E-state index is -1.37. The molecular weight excluding hydrogens is 502 g/mol. The molecule has 0 spiro atoms. The molecule has 1 aliphatic heterocycles. The highest BCUT2D eigenvalue weighted by Gasteiger charge is 2.32. The van der Waals surface area contributed by atoms with Crippen molar-refractivity contribution in [3.05, 3.63) is 41.7 Å². The Labute approximate surface area is 226 Å². The third-order valence-electron chi connectivity index (χ3n) is 6.96. The van der Waals surface area contributed by atoms with Gasteiger partial charge in [0.2, 0.25) is 0 Å². The maximum Gasteiger partial charge on any atom is 0.271 e. The van der Waals surface area contributed by atoms with E-state index in [4.69, 9.17) is 4.74 Å². The molecule has 0 bridgehead atoms. The molecule has 200 valence electrons. The molecule has 2 heterocycles. The van der Waals surface area contributed by atoms with Crippen LogP contribution in [0.2, 0.25) is 0 Å². The SMILES string of the molecule is CCCCc1nnc(C(=O)NCC2(F)CCNCC2)cc1-c1ccc(OC2CCCCC2)cc1.Cl.Cl. The van der Waals surface area contributed by atoms with Gasteiger partial charge in [0.05, 0.1) is 18.3 Å². The van der Waals surface area contributed by atoms with E-state index in [1.54, 1.807) is 6.07 Å². The zero-order valence-electron chi connectivity index (χ0n) is 21.1. The largest absolute Gasteiger partial charge is 0.490 e. The summed E-state index contributed by atoms with van der Waals surface area (Å²) in [4.78, 5) is 12.8. The average molecular weight is 542 g/mol. The number of aryl methyl sites for hydroxylation is 1. The highest BCUT2D eigenvalue weighted by molar-refractivity contribution is 5.93. The second kappa shape index (κ2) is 14.7. The lowest BCUT2D eigenvalue weighted by Crippen LogP contribution is -2.46. The van der Waals surface area contributed by atoms with Crippen molar-refractivity contribution in [3.8, 4) is 16.9 Å². The Bertz CT molecular complexity index is 949. The zero-order chi connectivity index (χ0) is 23.8. The van der Waals surface area contributed by atoms with Crippen molar-refractivity contribution in [1.82, 2.24) is 20.8 Å². The number of hydrogen-bond acceptors (Lipinski definition) is 5. The molecule has 1 saturated heterocycles. The second-order valence-electron chi connectivity index (χ2n) is 9.68. The molecular formula is C27H39Cl2FN4O2. The smallest absolute Gasteiger partial charge is 0.271 e. The highest BCUT2D eigenvalue weighted by Crippen LogP contribution is 2.29. The summed E-state index contributed by atoms with van der Waals surface area (Å²) in [5.41, 5.74) is 1.60. The number of piperidine rings is 1. The number of rotatable bonds is 9. The van der Waals surface area contributed by atoms with E-state index in [0.29, 0.717) is 32.0 Å². The minimum absolute atomic E-state index is 0. The summed E-state index contributed by atoms with van der Waals surface area (Å²) in [6, 6.07) is 9.84. The molecule has 1 aliphatic carbocycles. The fourth-order valence-corrected chi connectivity index (χ4v) is 4.78. The van der Waals surface area contributed by atoms with Crippen molar-refractivity contribution in [3.63, 3.8) is 0 Å². The quantitative estimate of drug-likeness (QED) is 0.416. The predicted octanol–water partition coefficient (Wildman–Crippen LogP) is 5.86. The van der Waals surface area contributed by atoms with E-state index in [-0.39, 0.29) is 43.0 Å². The standard InChI is InChI=1S/C27H37FN4O2.2ClH/c1-2-3-9-24-23(20-10-12-22(13-11-20)34-21-7-5-4-6-8-21)18-25(32-31-24)26(33)30-19-27(28)14-16-29-17-15-27;;/h10-13,18,21,29H,2-9,14-17,19H2,1H3,(H,30,33);2*1H. The number of benzene rings is 1. The second-order valence-corrected chi connectivity index (χ2v) is 9.68. The highest BCUT2D eigenvalue weighted by atomic mass is 35.5. The molecule has 1 saturated carbocycles. The molecule has 36 heavy (non-hydrogen) atoms. The van der Waals surface area contributed by atoms with Crippen molar-refractivity contribution in [2.24, 2.45) is 0 Å². The average Bonchev–Trinajstić information content (AvgIpc) is 2.87. The molecule has 0 radical (unpaired) electrons. The van der Waals surface area contributed by atoms with Gasteiger partial charge >= 0.3 is 0 Å². The van der Waals surface area contributed by atoms with Gasteiger partial charge in [-0.1, -0.05) is 31.9 Å². The zero-order valence-corrected chi connectivity index (χ0v) is 22.7. The number of halogens is 3. The summed E-state index contributed by atoms with van der Waals surface area (Å²) in [6.07, 6.45) is 9.93. The van der Waals surface area contributed by atoms with Gasteiger partial charge in [-0.05, 0) is 88.2 Å². The van der Waals surface area contributed by atoms with Crippen molar-refractivity contribution in [2.75, 3.05) is 19.6 Å². The summed E-state index contributed by atoms with van der Waals surface area (Å²) >= 11 is 0. The van der Waals surface area contributed by atoms with Gasteiger partial charge in [-0.25, -0.2) is 4.39 Å². The Hall–Kier alpha value is -1.96. The van der Waals surface area contributed by atoms with Crippen molar-refractivity contribution in [2.45, 2.75) is 82.9 Å². The molecule has 1 aromatic heterocycles. The van der Waals surface area contributed by atoms with Crippen LogP contribution in [0.4, 0.5) is 4.39 Å².